The largest absolute Gasteiger partial charge is 0.497 e. The number of aromatic nitrogens is 2. The Morgan fingerprint density at radius 2 is 1.94 bits per heavy atom. The molecule has 3 aromatic rings. The number of hydrogen-bond acceptors (Lipinski definition) is 5. The van der Waals surface area contributed by atoms with Crippen LogP contribution in [0, 0.1) is 5.41 Å². The zero-order valence-electron chi connectivity index (χ0n) is 18.5. The maximum atomic E-state index is 9.09. The minimum Gasteiger partial charge on any atom is -0.497 e. The Morgan fingerprint density at radius 1 is 1.16 bits per heavy atom. The number of rotatable bonds is 8. The van der Waals surface area contributed by atoms with E-state index in [9.17, 15) is 0 Å². The van der Waals surface area contributed by atoms with Gasteiger partial charge < -0.3 is 19.9 Å². The van der Waals surface area contributed by atoms with Crippen molar-refractivity contribution in [3.05, 3.63) is 71.5 Å². The van der Waals surface area contributed by atoms with Crippen molar-refractivity contribution >= 4 is 0 Å². The van der Waals surface area contributed by atoms with Gasteiger partial charge in [-0.25, -0.2) is 4.68 Å². The fourth-order valence-electron chi connectivity index (χ4n) is 4.35. The maximum absolute atomic E-state index is 9.09. The van der Waals surface area contributed by atoms with Crippen LogP contribution >= 0.6 is 0 Å². The summed E-state index contributed by atoms with van der Waals surface area (Å²) in [4.78, 5) is 0. The number of hydrogen-bond donors (Lipinski definition) is 2. The molecule has 4 rings (SSSR count). The molecule has 0 radical (unpaired) electrons. The van der Waals surface area contributed by atoms with Crippen LogP contribution in [-0.4, -0.2) is 35.2 Å². The molecule has 1 atom stereocenters. The Hall–Kier alpha value is -2.83. The first-order chi connectivity index (χ1) is 15.0. The van der Waals surface area contributed by atoms with Gasteiger partial charge in [0.2, 0.25) is 0 Å². The summed E-state index contributed by atoms with van der Waals surface area (Å²) in [6.45, 7) is 5.62. The van der Waals surface area contributed by atoms with Crippen LogP contribution in [0.4, 0.5) is 0 Å². The molecule has 1 aliphatic rings. The molecular formula is C25H31N3O3. The van der Waals surface area contributed by atoms with E-state index in [-0.39, 0.29) is 18.1 Å². The fraction of sp³-hybridized carbons (Fsp3) is 0.400. The number of aliphatic hydroxyl groups excluding tert-OH is 1. The number of nitrogens with one attached hydrogen (secondary N) is 1. The zero-order chi connectivity index (χ0) is 21.8. The molecule has 0 aliphatic heterocycles. The molecule has 164 valence electrons. The Labute approximate surface area is 183 Å². The third-order valence-electron chi connectivity index (χ3n) is 5.86. The highest BCUT2D eigenvalue weighted by Gasteiger charge is 2.35. The second-order valence-electron chi connectivity index (χ2n) is 8.81. The van der Waals surface area contributed by atoms with E-state index in [0.717, 1.165) is 35.6 Å². The molecular weight excluding hydrogens is 390 g/mol. The molecule has 0 fully saturated rings. The molecule has 2 N–H and O–H groups in total. The molecule has 2 aromatic carbocycles. The van der Waals surface area contributed by atoms with Gasteiger partial charge >= 0.3 is 0 Å². The van der Waals surface area contributed by atoms with Crippen molar-refractivity contribution in [2.24, 2.45) is 5.41 Å². The molecule has 1 heterocycles. The summed E-state index contributed by atoms with van der Waals surface area (Å²) in [6, 6.07) is 16.2. The molecule has 0 amide bonds. The zero-order valence-corrected chi connectivity index (χ0v) is 18.5. The summed E-state index contributed by atoms with van der Waals surface area (Å²) in [7, 11) is 1.68. The van der Waals surface area contributed by atoms with Gasteiger partial charge in [0.15, 0.2) is 0 Å². The van der Waals surface area contributed by atoms with Gasteiger partial charge in [-0.05, 0) is 48.6 Å². The first-order valence-corrected chi connectivity index (χ1v) is 10.8. The lowest BCUT2D eigenvalue weighted by atomic mass is 9.74. The molecule has 0 bridgehead atoms. The summed E-state index contributed by atoms with van der Waals surface area (Å²) in [5, 5.41) is 17.6. The highest BCUT2D eigenvalue weighted by molar-refractivity contribution is 5.41. The lowest BCUT2D eigenvalue weighted by Crippen LogP contribution is -2.33. The molecule has 31 heavy (non-hydrogen) atoms. The molecule has 0 saturated carbocycles. The van der Waals surface area contributed by atoms with Crippen molar-refractivity contribution in [3.63, 3.8) is 0 Å². The monoisotopic (exact) mass is 421 g/mol. The van der Waals surface area contributed by atoms with Gasteiger partial charge in [0.1, 0.15) is 18.1 Å². The van der Waals surface area contributed by atoms with Gasteiger partial charge in [0, 0.05) is 29.4 Å². The number of ether oxygens (including phenoxy) is 2. The maximum Gasteiger partial charge on any atom is 0.123 e. The Bertz CT molecular complexity index is 1010. The van der Waals surface area contributed by atoms with Crippen LogP contribution in [0.2, 0.25) is 0 Å². The van der Waals surface area contributed by atoms with Crippen LogP contribution in [0.3, 0.4) is 0 Å². The number of aliphatic hydroxyl groups is 1. The normalized spacial score (nSPS) is 17.2. The number of para-hydroxylation sites is 1. The van der Waals surface area contributed by atoms with Crippen molar-refractivity contribution < 1.29 is 14.6 Å². The van der Waals surface area contributed by atoms with Crippen molar-refractivity contribution in [3.8, 4) is 17.2 Å². The fourth-order valence-corrected chi connectivity index (χ4v) is 4.35. The van der Waals surface area contributed by atoms with Gasteiger partial charge in [-0.2, -0.15) is 5.10 Å². The number of benzene rings is 2. The molecule has 6 heteroatoms. The van der Waals surface area contributed by atoms with Crippen molar-refractivity contribution in [2.75, 3.05) is 20.3 Å². The predicted molar refractivity (Wildman–Crippen MR) is 121 cm³/mol. The van der Waals surface area contributed by atoms with E-state index in [4.69, 9.17) is 19.7 Å². The second-order valence-corrected chi connectivity index (χ2v) is 8.81. The third kappa shape index (κ3) is 4.75. The van der Waals surface area contributed by atoms with Crippen molar-refractivity contribution in [1.29, 1.82) is 0 Å². The average molecular weight is 422 g/mol. The second kappa shape index (κ2) is 9.12. The molecule has 1 aliphatic carbocycles. The Kier molecular flexibility index (Phi) is 6.30. The third-order valence-corrected chi connectivity index (χ3v) is 5.86. The highest BCUT2D eigenvalue weighted by Crippen LogP contribution is 2.41. The number of fused-ring (bicyclic) bond motifs is 1. The van der Waals surface area contributed by atoms with E-state index >= 15 is 0 Å². The smallest absolute Gasteiger partial charge is 0.123 e. The number of nitrogens with zero attached hydrogens (tertiary/aromatic N) is 2. The minimum absolute atomic E-state index is 0.00643. The van der Waals surface area contributed by atoms with Crippen molar-refractivity contribution in [1.82, 2.24) is 15.1 Å². The predicted octanol–water partition coefficient (Wildman–Crippen LogP) is 4.06. The van der Waals surface area contributed by atoms with Crippen LogP contribution in [0.25, 0.3) is 5.69 Å². The van der Waals surface area contributed by atoms with Crippen LogP contribution in [-0.2, 0) is 13.0 Å². The van der Waals surface area contributed by atoms with Crippen LogP contribution in [0.1, 0.15) is 43.1 Å². The summed E-state index contributed by atoms with van der Waals surface area (Å²) in [5.74, 6) is 1.65. The molecule has 1 unspecified atom stereocenters. The van der Waals surface area contributed by atoms with Crippen LogP contribution in [0.5, 0.6) is 11.5 Å². The molecule has 6 nitrogen and oxygen atoms in total. The molecule has 0 saturated heterocycles. The lowest BCUT2D eigenvalue weighted by Gasteiger charge is -2.36. The summed E-state index contributed by atoms with van der Waals surface area (Å²) >= 11 is 0. The van der Waals surface area contributed by atoms with Gasteiger partial charge in [-0.1, -0.05) is 32.0 Å². The summed E-state index contributed by atoms with van der Waals surface area (Å²) in [5.41, 5.74) is 4.79. The van der Waals surface area contributed by atoms with Crippen LogP contribution < -0.4 is 14.8 Å². The molecule has 0 spiro atoms. The summed E-state index contributed by atoms with van der Waals surface area (Å²) < 4.78 is 13.1. The van der Waals surface area contributed by atoms with E-state index in [1.54, 1.807) is 7.11 Å². The SMILES string of the molecule is COc1ccc(-n2ncc3c2CC(C)(C)CC3NCc2ccccc2OCCO)cc1. The van der Waals surface area contributed by atoms with Crippen molar-refractivity contribution in [2.45, 2.75) is 39.3 Å². The summed E-state index contributed by atoms with van der Waals surface area (Å²) in [6.07, 6.45) is 4.01. The Balaban J connectivity index is 1.58. The number of methoxy groups -OCH3 is 1. The standard InChI is InChI=1S/C25H31N3O3/c1-25(2)14-22(26-16-18-6-4-5-7-24(18)31-13-12-29)21-17-27-28(23(21)15-25)19-8-10-20(30-3)11-9-19/h4-11,17,22,26,29H,12-16H2,1-3H3. The van der Waals surface area contributed by atoms with Gasteiger partial charge in [0.05, 0.1) is 25.6 Å². The van der Waals surface area contributed by atoms with E-state index in [1.807, 2.05) is 48.7 Å². The van der Waals surface area contributed by atoms with E-state index in [0.29, 0.717) is 13.2 Å². The topological polar surface area (TPSA) is 68.5 Å². The minimum atomic E-state index is 0.00643. The van der Waals surface area contributed by atoms with Crippen LogP contribution in [0.15, 0.2) is 54.7 Å². The lowest BCUT2D eigenvalue weighted by molar-refractivity contribution is 0.199. The molecule has 1 aromatic heterocycles. The first-order valence-electron chi connectivity index (χ1n) is 10.8. The quantitative estimate of drug-likeness (QED) is 0.574. The van der Waals surface area contributed by atoms with E-state index < -0.39 is 0 Å². The Morgan fingerprint density at radius 3 is 2.68 bits per heavy atom. The van der Waals surface area contributed by atoms with Gasteiger partial charge in [-0.15, -0.1) is 0 Å². The first kappa shape index (κ1) is 21.4. The van der Waals surface area contributed by atoms with E-state index in [2.05, 4.69) is 29.9 Å². The average Bonchev–Trinajstić information content (AvgIpc) is 3.19. The van der Waals surface area contributed by atoms with Gasteiger partial charge in [0.25, 0.3) is 0 Å². The van der Waals surface area contributed by atoms with E-state index in [1.165, 1.54) is 11.3 Å². The highest BCUT2D eigenvalue weighted by atomic mass is 16.5. The van der Waals surface area contributed by atoms with Gasteiger partial charge in [-0.3, -0.25) is 0 Å².